The maximum atomic E-state index is 11.0. The van der Waals surface area contributed by atoms with Crippen molar-refractivity contribution in [1.29, 1.82) is 0 Å². The van der Waals surface area contributed by atoms with Crippen LogP contribution in [0.1, 0.15) is 0 Å². The van der Waals surface area contributed by atoms with Gasteiger partial charge in [-0.25, -0.2) is 13.1 Å². The molecule has 0 amide bonds. The summed E-state index contributed by atoms with van der Waals surface area (Å²) < 4.78 is 24.2. The van der Waals surface area contributed by atoms with E-state index < -0.39 is 10.0 Å². The lowest BCUT2D eigenvalue weighted by Crippen LogP contribution is -2.26. The third-order valence-electron chi connectivity index (χ3n) is 1.55. The Bertz CT molecular complexity index is 348. The maximum absolute atomic E-state index is 11.0. The summed E-state index contributed by atoms with van der Waals surface area (Å²) >= 11 is 0. The van der Waals surface area contributed by atoms with Crippen LogP contribution in [0.2, 0.25) is 0 Å². The van der Waals surface area contributed by atoms with Gasteiger partial charge in [-0.15, -0.1) is 0 Å². The van der Waals surface area contributed by atoms with Crippen molar-refractivity contribution in [1.82, 2.24) is 4.72 Å². The molecular weight excluding hydrogens is 188 g/mol. The van der Waals surface area contributed by atoms with Crippen LogP contribution in [-0.2, 0) is 10.0 Å². The predicted molar refractivity (Wildman–Crippen MR) is 52.9 cm³/mol. The molecule has 0 aliphatic heterocycles. The number of rotatable bonds is 4. The summed E-state index contributed by atoms with van der Waals surface area (Å²) in [5.74, 6) is -0.104. The highest BCUT2D eigenvalue weighted by Gasteiger charge is 2.04. The Hall–Kier alpha value is -1.07. The molecule has 0 unspecified atom stereocenters. The van der Waals surface area contributed by atoms with E-state index in [1.807, 2.05) is 30.3 Å². The van der Waals surface area contributed by atoms with E-state index in [4.69, 9.17) is 0 Å². The van der Waals surface area contributed by atoms with Crippen molar-refractivity contribution in [3.05, 3.63) is 30.3 Å². The first kappa shape index (κ1) is 10.0. The number of anilines is 1. The van der Waals surface area contributed by atoms with E-state index in [0.717, 1.165) is 5.69 Å². The van der Waals surface area contributed by atoms with Crippen LogP contribution in [0, 0.1) is 0 Å². The maximum Gasteiger partial charge on any atom is 0.229 e. The van der Waals surface area contributed by atoms with Crippen molar-refractivity contribution >= 4 is 15.7 Å². The number of para-hydroxylation sites is 1. The molecule has 0 radical (unpaired) electrons. The van der Waals surface area contributed by atoms with Gasteiger partial charge in [-0.2, -0.15) is 0 Å². The van der Waals surface area contributed by atoms with Crippen molar-refractivity contribution in [2.45, 2.75) is 0 Å². The second-order valence-corrected chi connectivity index (χ2v) is 4.43. The van der Waals surface area contributed by atoms with Gasteiger partial charge in [-0.1, -0.05) is 18.2 Å². The zero-order valence-corrected chi connectivity index (χ0v) is 8.14. The molecule has 0 atom stereocenters. The van der Waals surface area contributed by atoms with Crippen LogP contribution < -0.4 is 10.0 Å². The Morgan fingerprint density at radius 3 is 2.38 bits per heavy atom. The fourth-order valence-electron chi connectivity index (χ4n) is 0.807. The van der Waals surface area contributed by atoms with Gasteiger partial charge in [-0.3, -0.25) is 0 Å². The van der Waals surface area contributed by atoms with Gasteiger partial charge in [0.1, 0.15) is 5.88 Å². The van der Waals surface area contributed by atoms with Gasteiger partial charge in [-0.05, 0) is 19.2 Å². The van der Waals surface area contributed by atoms with Crippen molar-refractivity contribution in [3.8, 4) is 0 Å². The molecule has 0 fully saturated rings. The summed E-state index contributed by atoms with van der Waals surface area (Å²) in [7, 11) is -1.79. The molecule has 0 spiro atoms. The normalized spacial score (nSPS) is 11.2. The zero-order valence-electron chi connectivity index (χ0n) is 7.32. The second-order valence-electron chi connectivity index (χ2n) is 2.51. The van der Waals surface area contributed by atoms with Crippen LogP contribution in [0.3, 0.4) is 0 Å². The lowest BCUT2D eigenvalue weighted by atomic mass is 10.3. The largest absolute Gasteiger partial charge is 0.370 e. The lowest BCUT2D eigenvalue weighted by Gasteiger charge is -2.05. The molecule has 72 valence electrons. The highest BCUT2D eigenvalue weighted by atomic mass is 32.2. The highest BCUT2D eigenvalue weighted by molar-refractivity contribution is 7.89. The first-order valence-corrected chi connectivity index (χ1v) is 5.49. The number of hydrogen-bond donors (Lipinski definition) is 2. The highest BCUT2D eigenvalue weighted by Crippen LogP contribution is 2.04. The molecule has 5 heteroatoms. The van der Waals surface area contributed by atoms with Crippen molar-refractivity contribution in [2.75, 3.05) is 18.2 Å². The Labute approximate surface area is 78.0 Å². The monoisotopic (exact) mass is 200 g/mol. The molecule has 0 bridgehead atoms. The van der Waals surface area contributed by atoms with E-state index >= 15 is 0 Å². The van der Waals surface area contributed by atoms with Crippen molar-refractivity contribution < 1.29 is 8.42 Å². The molecule has 0 heterocycles. The van der Waals surface area contributed by atoms with E-state index in [0.29, 0.717) is 0 Å². The molecule has 1 aromatic carbocycles. The Morgan fingerprint density at radius 1 is 1.23 bits per heavy atom. The third-order valence-corrected chi connectivity index (χ3v) is 2.70. The quantitative estimate of drug-likeness (QED) is 0.748. The van der Waals surface area contributed by atoms with E-state index in [-0.39, 0.29) is 5.88 Å². The summed E-state index contributed by atoms with van der Waals surface area (Å²) in [6, 6.07) is 9.18. The average Bonchev–Trinajstić information content (AvgIpc) is 2.17. The van der Waals surface area contributed by atoms with Crippen LogP contribution in [0.25, 0.3) is 0 Å². The third kappa shape index (κ3) is 3.43. The SMILES string of the molecule is CNS(=O)(=O)CNc1ccccc1. The fraction of sp³-hybridized carbons (Fsp3) is 0.250. The average molecular weight is 200 g/mol. The number of benzene rings is 1. The molecule has 13 heavy (non-hydrogen) atoms. The molecule has 2 N–H and O–H groups in total. The topological polar surface area (TPSA) is 58.2 Å². The summed E-state index contributed by atoms with van der Waals surface area (Å²) in [6.45, 7) is 0. The summed E-state index contributed by atoms with van der Waals surface area (Å²) in [5, 5.41) is 2.79. The van der Waals surface area contributed by atoms with Gasteiger partial charge in [0.25, 0.3) is 0 Å². The molecular formula is C8H12N2O2S. The Balaban J connectivity index is 2.54. The van der Waals surface area contributed by atoms with Crippen LogP contribution >= 0.6 is 0 Å². The molecule has 1 aromatic rings. The van der Waals surface area contributed by atoms with E-state index in [9.17, 15) is 8.42 Å². The second kappa shape index (κ2) is 4.25. The fourth-order valence-corrected chi connectivity index (χ4v) is 1.31. The molecule has 0 aliphatic carbocycles. The first-order valence-electron chi connectivity index (χ1n) is 3.84. The smallest absolute Gasteiger partial charge is 0.229 e. The molecule has 4 nitrogen and oxygen atoms in total. The molecule has 0 aliphatic rings. The minimum absolute atomic E-state index is 0.104. The molecule has 0 aromatic heterocycles. The number of nitrogens with one attached hydrogen (secondary N) is 2. The van der Waals surface area contributed by atoms with E-state index in [1.165, 1.54) is 7.05 Å². The first-order chi connectivity index (χ1) is 6.14. The van der Waals surface area contributed by atoms with E-state index in [2.05, 4.69) is 10.0 Å². The van der Waals surface area contributed by atoms with Gasteiger partial charge in [0, 0.05) is 5.69 Å². The van der Waals surface area contributed by atoms with Crippen LogP contribution in [0.15, 0.2) is 30.3 Å². The van der Waals surface area contributed by atoms with Gasteiger partial charge in [0.15, 0.2) is 0 Å². The van der Waals surface area contributed by atoms with Crippen LogP contribution in [0.4, 0.5) is 5.69 Å². The zero-order chi connectivity index (χ0) is 9.73. The van der Waals surface area contributed by atoms with E-state index in [1.54, 1.807) is 0 Å². The molecule has 0 saturated heterocycles. The molecule has 1 rings (SSSR count). The van der Waals surface area contributed by atoms with Gasteiger partial charge in [0.05, 0.1) is 0 Å². The minimum Gasteiger partial charge on any atom is -0.370 e. The Kier molecular flexibility index (Phi) is 3.27. The van der Waals surface area contributed by atoms with Crippen LogP contribution in [0.5, 0.6) is 0 Å². The summed E-state index contributed by atoms with van der Waals surface area (Å²) in [5.41, 5.74) is 0.793. The van der Waals surface area contributed by atoms with Crippen molar-refractivity contribution in [3.63, 3.8) is 0 Å². The van der Waals surface area contributed by atoms with Gasteiger partial charge < -0.3 is 5.32 Å². The number of hydrogen-bond acceptors (Lipinski definition) is 3. The predicted octanol–water partition coefficient (Wildman–Crippen LogP) is 0.605. The molecule has 0 saturated carbocycles. The van der Waals surface area contributed by atoms with Gasteiger partial charge >= 0.3 is 0 Å². The number of sulfonamides is 1. The summed E-state index contributed by atoms with van der Waals surface area (Å²) in [6.07, 6.45) is 0. The lowest BCUT2D eigenvalue weighted by molar-refractivity contribution is 0.590. The summed E-state index contributed by atoms with van der Waals surface area (Å²) in [4.78, 5) is 0. The van der Waals surface area contributed by atoms with Gasteiger partial charge in [0.2, 0.25) is 10.0 Å². The minimum atomic E-state index is -3.18. The van der Waals surface area contributed by atoms with Crippen molar-refractivity contribution in [2.24, 2.45) is 0 Å². The van der Waals surface area contributed by atoms with Crippen LogP contribution in [-0.4, -0.2) is 21.3 Å². The standard InChI is InChI=1S/C8H12N2O2S/c1-9-13(11,12)7-10-8-5-3-2-4-6-8/h2-6,9-10H,7H2,1H3. The Morgan fingerprint density at radius 2 is 1.85 bits per heavy atom.